The number of benzene rings is 1. The molecule has 1 unspecified atom stereocenters. The Morgan fingerprint density at radius 2 is 2.00 bits per heavy atom. The predicted octanol–water partition coefficient (Wildman–Crippen LogP) is 0.484. The minimum absolute atomic E-state index is 0.0244. The Hall–Kier alpha value is -2.18. The van der Waals surface area contributed by atoms with Gasteiger partial charge in [0.2, 0.25) is 11.1 Å². The van der Waals surface area contributed by atoms with E-state index in [-0.39, 0.29) is 29.2 Å². The maximum absolute atomic E-state index is 12.7. The van der Waals surface area contributed by atoms with Crippen LogP contribution >= 0.6 is 11.8 Å². The number of hydrogen-bond acceptors (Lipinski definition) is 9. The molecule has 2 aliphatic heterocycles. The number of tetrazole rings is 1. The molecule has 10 nitrogen and oxygen atoms in total. The SMILES string of the molecule is CCOc1ccccc1-n1nnnc1SCC(=O)N1CCN(C2CCS(=O)(=O)C2)CC1. The molecule has 1 atom stereocenters. The second-order valence-corrected chi connectivity index (χ2v) is 10.7. The van der Waals surface area contributed by atoms with Crippen molar-refractivity contribution in [2.45, 2.75) is 24.5 Å². The second-order valence-electron chi connectivity index (χ2n) is 7.54. The van der Waals surface area contributed by atoms with Crippen LogP contribution < -0.4 is 4.74 Å². The molecule has 2 aromatic rings. The number of rotatable bonds is 7. The molecule has 0 N–H and O–H groups in total. The summed E-state index contributed by atoms with van der Waals surface area (Å²) < 4.78 is 30.7. The van der Waals surface area contributed by atoms with Crippen molar-refractivity contribution < 1.29 is 17.9 Å². The van der Waals surface area contributed by atoms with E-state index in [1.807, 2.05) is 36.1 Å². The van der Waals surface area contributed by atoms with Crippen LogP contribution in [0, 0.1) is 0 Å². The summed E-state index contributed by atoms with van der Waals surface area (Å²) >= 11 is 1.29. The van der Waals surface area contributed by atoms with Crippen LogP contribution in [0.2, 0.25) is 0 Å². The van der Waals surface area contributed by atoms with Gasteiger partial charge in [-0.2, -0.15) is 4.68 Å². The standard InChI is InChI=1S/C19H26N6O4S2/c1-2-29-17-6-4-3-5-16(17)25-19(20-21-22-25)30-13-18(26)24-10-8-23(9-11-24)15-7-12-31(27,28)14-15/h3-6,15H,2,7-14H2,1H3. The third kappa shape index (κ3) is 5.18. The van der Waals surface area contributed by atoms with Gasteiger partial charge in [0.1, 0.15) is 11.4 Å². The highest BCUT2D eigenvalue weighted by Crippen LogP contribution is 2.26. The fourth-order valence-electron chi connectivity index (χ4n) is 3.95. The van der Waals surface area contributed by atoms with Crippen LogP contribution in [0.25, 0.3) is 5.69 Å². The maximum atomic E-state index is 12.7. The number of ether oxygens (including phenoxy) is 1. The van der Waals surface area contributed by atoms with Crippen molar-refractivity contribution in [2.75, 3.05) is 50.0 Å². The van der Waals surface area contributed by atoms with E-state index in [9.17, 15) is 13.2 Å². The minimum Gasteiger partial charge on any atom is -0.492 e. The second kappa shape index (κ2) is 9.53. The number of carbonyl (C=O) groups is 1. The third-order valence-electron chi connectivity index (χ3n) is 5.55. The molecule has 0 aliphatic carbocycles. The molecule has 4 rings (SSSR count). The normalized spacial score (nSPS) is 21.3. The van der Waals surface area contributed by atoms with Crippen molar-refractivity contribution in [3.63, 3.8) is 0 Å². The quantitative estimate of drug-likeness (QED) is 0.538. The molecule has 12 heteroatoms. The van der Waals surface area contributed by atoms with Crippen molar-refractivity contribution in [3.8, 4) is 11.4 Å². The average molecular weight is 467 g/mol. The van der Waals surface area contributed by atoms with E-state index in [1.165, 1.54) is 11.8 Å². The van der Waals surface area contributed by atoms with Gasteiger partial charge in [-0.3, -0.25) is 9.69 Å². The molecule has 3 heterocycles. The Morgan fingerprint density at radius 3 is 2.71 bits per heavy atom. The van der Waals surface area contributed by atoms with Crippen molar-refractivity contribution in [1.29, 1.82) is 0 Å². The van der Waals surface area contributed by atoms with Gasteiger partial charge in [0.15, 0.2) is 9.84 Å². The highest BCUT2D eigenvalue weighted by Gasteiger charge is 2.34. The van der Waals surface area contributed by atoms with E-state index in [4.69, 9.17) is 4.74 Å². The number of aromatic nitrogens is 4. The summed E-state index contributed by atoms with van der Waals surface area (Å²) in [5.41, 5.74) is 0.726. The van der Waals surface area contributed by atoms with Gasteiger partial charge in [-0.15, -0.1) is 5.10 Å². The summed E-state index contributed by atoms with van der Waals surface area (Å²) in [5, 5.41) is 12.4. The zero-order chi connectivity index (χ0) is 21.8. The van der Waals surface area contributed by atoms with Crippen LogP contribution in [0.5, 0.6) is 5.75 Å². The van der Waals surface area contributed by atoms with Gasteiger partial charge < -0.3 is 9.64 Å². The van der Waals surface area contributed by atoms with Crippen molar-refractivity contribution in [2.24, 2.45) is 0 Å². The lowest BCUT2D eigenvalue weighted by Gasteiger charge is -2.37. The first kappa shape index (κ1) is 22.0. The van der Waals surface area contributed by atoms with Gasteiger partial charge in [0.05, 0.1) is 23.9 Å². The van der Waals surface area contributed by atoms with Crippen molar-refractivity contribution in [3.05, 3.63) is 24.3 Å². The van der Waals surface area contributed by atoms with Gasteiger partial charge in [0.25, 0.3) is 0 Å². The number of hydrogen-bond donors (Lipinski definition) is 0. The number of para-hydroxylation sites is 2. The van der Waals surface area contributed by atoms with Crippen LogP contribution in [-0.4, -0.2) is 100 Å². The first-order valence-corrected chi connectivity index (χ1v) is 13.1. The first-order valence-electron chi connectivity index (χ1n) is 10.3. The zero-order valence-corrected chi connectivity index (χ0v) is 19.0. The maximum Gasteiger partial charge on any atom is 0.233 e. The van der Waals surface area contributed by atoms with Gasteiger partial charge in [0, 0.05) is 32.2 Å². The van der Waals surface area contributed by atoms with Gasteiger partial charge in [-0.1, -0.05) is 23.9 Å². The van der Waals surface area contributed by atoms with E-state index in [0.717, 1.165) is 5.69 Å². The molecule has 1 amide bonds. The Morgan fingerprint density at radius 1 is 1.23 bits per heavy atom. The molecule has 2 fully saturated rings. The lowest BCUT2D eigenvalue weighted by Crippen LogP contribution is -2.52. The molecule has 0 saturated carbocycles. The predicted molar refractivity (Wildman–Crippen MR) is 116 cm³/mol. The molecule has 0 bridgehead atoms. The number of thioether (sulfide) groups is 1. The molecular formula is C19H26N6O4S2. The van der Waals surface area contributed by atoms with E-state index < -0.39 is 9.84 Å². The molecule has 1 aromatic heterocycles. The van der Waals surface area contributed by atoms with Crippen LogP contribution in [0.1, 0.15) is 13.3 Å². The number of amides is 1. The number of piperazine rings is 1. The Labute approximate surface area is 185 Å². The summed E-state index contributed by atoms with van der Waals surface area (Å²) in [4.78, 5) is 16.8. The summed E-state index contributed by atoms with van der Waals surface area (Å²) in [5.74, 6) is 1.44. The lowest BCUT2D eigenvalue weighted by molar-refractivity contribution is -0.130. The van der Waals surface area contributed by atoms with E-state index in [0.29, 0.717) is 50.1 Å². The van der Waals surface area contributed by atoms with Gasteiger partial charge >= 0.3 is 0 Å². The van der Waals surface area contributed by atoms with Crippen molar-refractivity contribution >= 4 is 27.5 Å². The topological polar surface area (TPSA) is 111 Å². The summed E-state index contributed by atoms with van der Waals surface area (Å²) in [6.45, 7) is 5.06. The summed E-state index contributed by atoms with van der Waals surface area (Å²) in [6.07, 6.45) is 0.692. The highest BCUT2D eigenvalue weighted by molar-refractivity contribution is 7.99. The van der Waals surface area contributed by atoms with Crippen LogP contribution in [0.3, 0.4) is 0 Å². The third-order valence-corrected chi connectivity index (χ3v) is 8.21. The number of sulfone groups is 1. The molecule has 0 spiro atoms. The molecular weight excluding hydrogens is 440 g/mol. The lowest BCUT2D eigenvalue weighted by atomic mass is 10.2. The largest absolute Gasteiger partial charge is 0.492 e. The van der Waals surface area contributed by atoms with Gasteiger partial charge in [-0.25, -0.2) is 8.42 Å². The number of nitrogens with zero attached hydrogens (tertiary/aromatic N) is 6. The van der Waals surface area contributed by atoms with Gasteiger partial charge in [-0.05, 0) is 35.9 Å². The Kier molecular flexibility index (Phi) is 6.77. The highest BCUT2D eigenvalue weighted by atomic mass is 32.2. The van der Waals surface area contributed by atoms with E-state index in [2.05, 4.69) is 20.4 Å². The van der Waals surface area contributed by atoms with Crippen molar-refractivity contribution in [1.82, 2.24) is 30.0 Å². The monoisotopic (exact) mass is 466 g/mol. The molecule has 0 radical (unpaired) electrons. The smallest absolute Gasteiger partial charge is 0.233 e. The van der Waals surface area contributed by atoms with E-state index in [1.54, 1.807) is 4.68 Å². The van der Waals surface area contributed by atoms with Crippen LogP contribution in [0.4, 0.5) is 0 Å². The van der Waals surface area contributed by atoms with Crippen LogP contribution in [0.15, 0.2) is 29.4 Å². The summed E-state index contributed by atoms with van der Waals surface area (Å²) in [6, 6.07) is 7.58. The van der Waals surface area contributed by atoms with Crippen LogP contribution in [-0.2, 0) is 14.6 Å². The molecule has 2 saturated heterocycles. The Bertz CT molecular complexity index is 1020. The summed E-state index contributed by atoms with van der Waals surface area (Å²) in [7, 11) is -2.90. The fourth-order valence-corrected chi connectivity index (χ4v) is 6.50. The Balaban J connectivity index is 1.32. The molecule has 31 heavy (non-hydrogen) atoms. The van der Waals surface area contributed by atoms with E-state index >= 15 is 0 Å². The molecule has 168 valence electrons. The first-order chi connectivity index (χ1) is 15.0. The zero-order valence-electron chi connectivity index (χ0n) is 17.4. The number of carbonyl (C=O) groups excluding carboxylic acids is 1. The fraction of sp³-hybridized carbons (Fsp3) is 0.579. The average Bonchev–Trinajstić information content (AvgIpc) is 3.38. The molecule has 2 aliphatic rings. The molecule has 1 aromatic carbocycles. The minimum atomic E-state index is -2.90.